The molecule has 1 atom stereocenters. The third-order valence-electron chi connectivity index (χ3n) is 3.26. The Morgan fingerprint density at radius 1 is 1.39 bits per heavy atom. The smallest absolute Gasteiger partial charge is 0.149 e. The minimum Gasteiger partial charge on any atom is -0.391 e. The molecule has 0 spiro atoms. The lowest BCUT2D eigenvalue weighted by atomic mass is 10.2. The van der Waals surface area contributed by atoms with Crippen LogP contribution in [0.3, 0.4) is 0 Å². The number of halogens is 1. The van der Waals surface area contributed by atoms with Gasteiger partial charge in [0.05, 0.1) is 6.10 Å². The second-order valence-corrected chi connectivity index (χ2v) is 4.64. The van der Waals surface area contributed by atoms with E-state index in [4.69, 9.17) is 0 Å². The van der Waals surface area contributed by atoms with Crippen LogP contribution < -0.4 is 5.32 Å². The zero-order valence-corrected chi connectivity index (χ0v) is 9.81. The van der Waals surface area contributed by atoms with E-state index in [1.807, 2.05) is 0 Å². The fourth-order valence-corrected chi connectivity index (χ4v) is 2.04. The number of fused-ring (bicyclic) bond motifs is 1. The van der Waals surface area contributed by atoms with Gasteiger partial charge in [0.15, 0.2) is 0 Å². The van der Waals surface area contributed by atoms with Crippen molar-refractivity contribution in [2.45, 2.75) is 18.9 Å². The van der Waals surface area contributed by atoms with Crippen molar-refractivity contribution in [2.24, 2.45) is 5.92 Å². The van der Waals surface area contributed by atoms with Crippen LogP contribution >= 0.6 is 0 Å². The first-order chi connectivity index (χ1) is 8.75. The number of hydrogen-bond acceptors (Lipinski definition) is 4. The van der Waals surface area contributed by atoms with E-state index in [2.05, 4.69) is 15.3 Å². The van der Waals surface area contributed by atoms with E-state index < -0.39 is 0 Å². The monoisotopic (exact) mass is 247 g/mol. The fraction of sp³-hybridized carbons (Fsp3) is 0.385. The Morgan fingerprint density at radius 3 is 3.00 bits per heavy atom. The van der Waals surface area contributed by atoms with Crippen molar-refractivity contribution in [3.05, 3.63) is 30.3 Å². The number of nitrogens with one attached hydrogen (secondary N) is 1. The number of para-hydroxylation sites is 1. The van der Waals surface area contributed by atoms with E-state index in [1.165, 1.54) is 12.4 Å². The first kappa shape index (κ1) is 11.3. The van der Waals surface area contributed by atoms with Crippen molar-refractivity contribution in [1.82, 2.24) is 9.97 Å². The number of nitrogens with zero attached hydrogens (tertiary/aromatic N) is 2. The summed E-state index contributed by atoms with van der Waals surface area (Å²) in [4.78, 5) is 8.03. The minimum atomic E-state index is -0.360. The molecule has 1 fully saturated rings. The Labute approximate surface area is 104 Å². The summed E-state index contributed by atoms with van der Waals surface area (Å²) < 4.78 is 13.5. The third-order valence-corrected chi connectivity index (χ3v) is 3.26. The molecule has 0 bridgehead atoms. The van der Waals surface area contributed by atoms with Gasteiger partial charge < -0.3 is 10.4 Å². The fourth-order valence-electron chi connectivity index (χ4n) is 2.04. The van der Waals surface area contributed by atoms with Gasteiger partial charge in [-0.15, -0.1) is 0 Å². The summed E-state index contributed by atoms with van der Waals surface area (Å²) >= 11 is 0. The Bertz CT molecular complexity index is 571. The van der Waals surface area contributed by atoms with E-state index in [0.717, 1.165) is 12.8 Å². The second-order valence-electron chi connectivity index (χ2n) is 4.64. The Kier molecular flexibility index (Phi) is 2.83. The average Bonchev–Trinajstić information content (AvgIpc) is 3.21. The number of benzene rings is 1. The van der Waals surface area contributed by atoms with E-state index in [1.54, 1.807) is 12.1 Å². The number of rotatable bonds is 4. The first-order valence-corrected chi connectivity index (χ1v) is 6.07. The van der Waals surface area contributed by atoms with Gasteiger partial charge >= 0.3 is 0 Å². The predicted octanol–water partition coefficient (Wildman–Crippen LogP) is 1.95. The van der Waals surface area contributed by atoms with Crippen molar-refractivity contribution in [3.8, 4) is 0 Å². The summed E-state index contributed by atoms with van der Waals surface area (Å²) in [5, 5.41) is 13.5. The zero-order valence-electron chi connectivity index (χ0n) is 9.81. The number of aliphatic hydroxyl groups is 1. The third kappa shape index (κ3) is 2.13. The SMILES string of the molecule is OC(CNc1ncnc2c(F)cccc12)C1CC1. The molecule has 18 heavy (non-hydrogen) atoms. The molecule has 1 heterocycles. The second kappa shape index (κ2) is 4.49. The molecule has 94 valence electrons. The van der Waals surface area contributed by atoms with Gasteiger partial charge in [0.1, 0.15) is 23.5 Å². The van der Waals surface area contributed by atoms with Gasteiger partial charge in [0.25, 0.3) is 0 Å². The molecular formula is C13H14FN3O. The van der Waals surface area contributed by atoms with Crippen molar-refractivity contribution in [2.75, 3.05) is 11.9 Å². The average molecular weight is 247 g/mol. The number of aromatic nitrogens is 2. The van der Waals surface area contributed by atoms with Crippen molar-refractivity contribution in [1.29, 1.82) is 0 Å². The highest BCUT2D eigenvalue weighted by atomic mass is 19.1. The highest BCUT2D eigenvalue weighted by molar-refractivity contribution is 5.89. The summed E-state index contributed by atoms with van der Waals surface area (Å²) in [6.45, 7) is 0.438. The van der Waals surface area contributed by atoms with Gasteiger partial charge in [-0.3, -0.25) is 0 Å². The molecule has 3 rings (SSSR count). The lowest BCUT2D eigenvalue weighted by Crippen LogP contribution is -2.21. The molecule has 2 aromatic rings. The molecule has 1 saturated carbocycles. The highest BCUT2D eigenvalue weighted by Crippen LogP contribution is 2.32. The Morgan fingerprint density at radius 2 is 2.22 bits per heavy atom. The maximum absolute atomic E-state index is 13.5. The molecule has 1 aliphatic rings. The quantitative estimate of drug-likeness (QED) is 0.867. The molecule has 1 aliphatic carbocycles. The van der Waals surface area contributed by atoms with Gasteiger partial charge in [0.2, 0.25) is 0 Å². The van der Waals surface area contributed by atoms with E-state index in [0.29, 0.717) is 29.2 Å². The molecule has 0 saturated heterocycles. The topological polar surface area (TPSA) is 58.0 Å². The van der Waals surface area contributed by atoms with Crippen molar-refractivity contribution < 1.29 is 9.50 Å². The molecule has 2 N–H and O–H groups in total. The van der Waals surface area contributed by atoms with E-state index in [9.17, 15) is 9.50 Å². The minimum absolute atomic E-state index is 0.302. The maximum atomic E-state index is 13.5. The summed E-state index contributed by atoms with van der Waals surface area (Å²) in [6, 6.07) is 4.77. The summed E-state index contributed by atoms with van der Waals surface area (Å²) in [6.07, 6.45) is 3.14. The molecule has 1 aromatic heterocycles. The Balaban J connectivity index is 1.84. The summed E-state index contributed by atoms with van der Waals surface area (Å²) in [7, 11) is 0. The van der Waals surface area contributed by atoms with Crippen LogP contribution in [0.15, 0.2) is 24.5 Å². The highest BCUT2D eigenvalue weighted by Gasteiger charge is 2.29. The summed E-state index contributed by atoms with van der Waals surface area (Å²) in [5.74, 6) is 0.613. The molecule has 1 unspecified atom stereocenters. The Hall–Kier alpha value is -1.75. The van der Waals surface area contributed by atoms with Crippen LogP contribution in [-0.4, -0.2) is 27.7 Å². The zero-order chi connectivity index (χ0) is 12.5. The van der Waals surface area contributed by atoms with Crippen LogP contribution in [0, 0.1) is 11.7 Å². The molecule has 0 amide bonds. The van der Waals surface area contributed by atoms with E-state index >= 15 is 0 Å². The predicted molar refractivity (Wildman–Crippen MR) is 66.7 cm³/mol. The van der Waals surface area contributed by atoms with Crippen LogP contribution in [0.2, 0.25) is 0 Å². The van der Waals surface area contributed by atoms with Crippen LogP contribution in [0.25, 0.3) is 10.9 Å². The number of anilines is 1. The van der Waals surface area contributed by atoms with Gasteiger partial charge in [0, 0.05) is 11.9 Å². The van der Waals surface area contributed by atoms with Gasteiger partial charge in [-0.05, 0) is 30.9 Å². The molecule has 0 aliphatic heterocycles. The molecule has 4 nitrogen and oxygen atoms in total. The first-order valence-electron chi connectivity index (χ1n) is 6.07. The molecule has 5 heteroatoms. The van der Waals surface area contributed by atoms with E-state index in [-0.39, 0.29) is 11.9 Å². The number of hydrogen-bond donors (Lipinski definition) is 2. The van der Waals surface area contributed by atoms with Crippen LogP contribution in [0.5, 0.6) is 0 Å². The molecule has 0 radical (unpaired) electrons. The summed E-state index contributed by atoms with van der Waals surface area (Å²) in [5.41, 5.74) is 0.302. The van der Waals surface area contributed by atoms with Crippen molar-refractivity contribution in [3.63, 3.8) is 0 Å². The molecular weight excluding hydrogens is 233 g/mol. The van der Waals surface area contributed by atoms with Crippen molar-refractivity contribution >= 4 is 16.7 Å². The molecule has 1 aromatic carbocycles. The number of aliphatic hydroxyl groups excluding tert-OH is 1. The lowest BCUT2D eigenvalue weighted by Gasteiger charge is -2.12. The lowest BCUT2D eigenvalue weighted by molar-refractivity contribution is 0.164. The van der Waals surface area contributed by atoms with Gasteiger partial charge in [-0.1, -0.05) is 6.07 Å². The largest absolute Gasteiger partial charge is 0.391 e. The van der Waals surface area contributed by atoms with Crippen LogP contribution in [-0.2, 0) is 0 Å². The van der Waals surface area contributed by atoms with Gasteiger partial charge in [-0.2, -0.15) is 0 Å². The normalized spacial score (nSPS) is 16.8. The van der Waals surface area contributed by atoms with Crippen LogP contribution in [0.1, 0.15) is 12.8 Å². The van der Waals surface area contributed by atoms with Gasteiger partial charge in [-0.25, -0.2) is 14.4 Å². The maximum Gasteiger partial charge on any atom is 0.149 e. The van der Waals surface area contributed by atoms with Crippen LogP contribution in [0.4, 0.5) is 10.2 Å². The standard InChI is InChI=1S/C13H14FN3O/c14-10-3-1-2-9-12(10)16-7-17-13(9)15-6-11(18)8-4-5-8/h1-3,7-8,11,18H,4-6H2,(H,15,16,17).